The Hall–Kier alpha value is -1.51. The molecule has 0 radical (unpaired) electrons. The lowest BCUT2D eigenvalue weighted by Crippen LogP contribution is -2.36. The SMILES string of the molecule is C[C@@H](O)[C@H]1O[C@@H](n2ccc(=O)[nH]c2=O)[C@H](F)[C@@H]1O. The molecule has 2 heterocycles. The Balaban J connectivity index is 2.35. The lowest BCUT2D eigenvalue weighted by Gasteiger charge is -2.17. The average molecular weight is 260 g/mol. The molecule has 0 aromatic carbocycles. The van der Waals surface area contributed by atoms with Crippen LogP contribution in [0.5, 0.6) is 0 Å². The summed E-state index contributed by atoms with van der Waals surface area (Å²) in [6.45, 7) is 1.35. The van der Waals surface area contributed by atoms with Crippen LogP contribution in [0.4, 0.5) is 4.39 Å². The van der Waals surface area contributed by atoms with Gasteiger partial charge in [0.15, 0.2) is 12.4 Å². The Morgan fingerprint density at radius 3 is 2.72 bits per heavy atom. The van der Waals surface area contributed by atoms with Gasteiger partial charge in [-0.25, -0.2) is 9.18 Å². The number of hydrogen-bond acceptors (Lipinski definition) is 5. The van der Waals surface area contributed by atoms with Gasteiger partial charge in [-0.15, -0.1) is 0 Å². The van der Waals surface area contributed by atoms with Gasteiger partial charge in [0.2, 0.25) is 0 Å². The van der Waals surface area contributed by atoms with E-state index in [9.17, 15) is 24.2 Å². The van der Waals surface area contributed by atoms with Gasteiger partial charge in [-0.3, -0.25) is 14.3 Å². The molecule has 0 amide bonds. The summed E-state index contributed by atoms with van der Waals surface area (Å²) < 4.78 is 19.8. The number of hydrogen-bond donors (Lipinski definition) is 3. The fourth-order valence-electron chi connectivity index (χ4n) is 1.91. The van der Waals surface area contributed by atoms with Crippen LogP contribution in [0.3, 0.4) is 0 Å². The van der Waals surface area contributed by atoms with Crippen molar-refractivity contribution < 1.29 is 19.3 Å². The van der Waals surface area contributed by atoms with E-state index in [2.05, 4.69) is 0 Å². The molecule has 1 aromatic rings. The molecule has 8 heteroatoms. The molecule has 0 unspecified atom stereocenters. The first-order chi connectivity index (χ1) is 8.41. The van der Waals surface area contributed by atoms with Gasteiger partial charge in [-0.05, 0) is 6.92 Å². The molecule has 2 rings (SSSR count). The fourth-order valence-corrected chi connectivity index (χ4v) is 1.91. The number of H-pyrrole nitrogens is 1. The van der Waals surface area contributed by atoms with E-state index >= 15 is 0 Å². The normalized spacial score (nSPS) is 33.6. The molecule has 1 aromatic heterocycles. The molecule has 0 bridgehead atoms. The number of rotatable bonds is 2. The molecule has 0 saturated carbocycles. The number of ether oxygens (including phenoxy) is 1. The summed E-state index contributed by atoms with van der Waals surface area (Å²) in [5, 5.41) is 18.9. The summed E-state index contributed by atoms with van der Waals surface area (Å²) >= 11 is 0. The van der Waals surface area contributed by atoms with E-state index in [1.807, 2.05) is 4.98 Å². The number of nitrogens with zero attached hydrogens (tertiary/aromatic N) is 1. The summed E-state index contributed by atoms with van der Waals surface area (Å²) in [5.41, 5.74) is -1.45. The molecule has 1 aliphatic rings. The van der Waals surface area contributed by atoms with E-state index in [4.69, 9.17) is 4.74 Å². The third kappa shape index (κ3) is 2.09. The molecule has 1 saturated heterocycles. The van der Waals surface area contributed by atoms with Gasteiger partial charge >= 0.3 is 5.69 Å². The van der Waals surface area contributed by atoms with Crippen molar-refractivity contribution >= 4 is 0 Å². The standard InChI is InChI=1S/C10H13FN2O5/c1-4(14)8-7(16)6(11)9(18-8)13-3-2-5(15)12-10(13)17/h2-4,6-9,14,16H,1H3,(H,12,15,17)/t4-,6-,7+,8-,9-/m1/s1. The summed E-state index contributed by atoms with van der Waals surface area (Å²) in [6, 6.07) is 1.04. The van der Waals surface area contributed by atoms with Gasteiger partial charge in [-0.2, -0.15) is 0 Å². The first kappa shape index (κ1) is 12.9. The molecule has 7 nitrogen and oxygen atoms in total. The molecule has 1 aliphatic heterocycles. The minimum absolute atomic E-state index is 0.614. The van der Waals surface area contributed by atoms with Crippen LogP contribution in [0.2, 0.25) is 0 Å². The molecule has 5 atom stereocenters. The quantitative estimate of drug-likeness (QED) is 0.601. The Kier molecular flexibility index (Phi) is 3.33. The van der Waals surface area contributed by atoms with Crippen LogP contribution in [0, 0.1) is 0 Å². The van der Waals surface area contributed by atoms with E-state index in [0.29, 0.717) is 0 Å². The molecular formula is C10H13FN2O5. The Morgan fingerprint density at radius 2 is 2.22 bits per heavy atom. The lowest BCUT2D eigenvalue weighted by molar-refractivity contribution is -0.0784. The van der Waals surface area contributed by atoms with Crippen molar-refractivity contribution in [2.75, 3.05) is 0 Å². The molecule has 1 fully saturated rings. The van der Waals surface area contributed by atoms with E-state index in [0.717, 1.165) is 16.8 Å². The fraction of sp³-hybridized carbons (Fsp3) is 0.600. The van der Waals surface area contributed by atoms with Crippen LogP contribution in [0.25, 0.3) is 0 Å². The highest BCUT2D eigenvalue weighted by atomic mass is 19.1. The highest BCUT2D eigenvalue weighted by Gasteiger charge is 2.47. The number of aromatic nitrogens is 2. The molecule has 0 spiro atoms. The van der Waals surface area contributed by atoms with E-state index in [1.165, 1.54) is 6.92 Å². The second-order valence-corrected chi connectivity index (χ2v) is 4.18. The number of aromatic amines is 1. The van der Waals surface area contributed by atoms with Gasteiger partial charge in [0.05, 0.1) is 6.10 Å². The summed E-state index contributed by atoms with van der Waals surface area (Å²) in [7, 11) is 0. The maximum absolute atomic E-state index is 13.8. The van der Waals surface area contributed by atoms with E-state index in [1.54, 1.807) is 0 Å². The van der Waals surface area contributed by atoms with Crippen LogP contribution in [-0.2, 0) is 4.74 Å². The summed E-state index contributed by atoms with van der Waals surface area (Å²) in [5.74, 6) is 0. The molecule has 0 aliphatic carbocycles. The van der Waals surface area contributed by atoms with Gasteiger partial charge in [0.25, 0.3) is 5.56 Å². The van der Waals surface area contributed by atoms with Crippen LogP contribution >= 0.6 is 0 Å². The monoisotopic (exact) mass is 260 g/mol. The van der Waals surface area contributed by atoms with Crippen LogP contribution in [-0.4, -0.2) is 44.2 Å². The van der Waals surface area contributed by atoms with Crippen LogP contribution in [0.1, 0.15) is 13.2 Å². The van der Waals surface area contributed by atoms with Crippen molar-refractivity contribution in [2.24, 2.45) is 0 Å². The topological polar surface area (TPSA) is 105 Å². The van der Waals surface area contributed by atoms with Crippen molar-refractivity contribution in [3.05, 3.63) is 33.1 Å². The van der Waals surface area contributed by atoms with Crippen molar-refractivity contribution in [2.45, 2.75) is 37.6 Å². The maximum atomic E-state index is 13.8. The Morgan fingerprint density at radius 1 is 1.56 bits per heavy atom. The van der Waals surface area contributed by atoms with Gasteiger partial charge in [-0.1, -0.05) is 0 Å². The minimum atomic E-state index is -1.87. The smallest absolute Gasteiger partial charge is 0.330 e. The second-order valence-electron chi connectivity index (χ2n) is 4.18. The minimum Gasteiger partial charge on any atom is -0.391 e. The highest BCUT2D eigenvalue weighted by Crippen LogP contribution is 2.32. The highest BCUT2D eigenvalue weighted by molar-refractivity contribution is 4.94. The van der Waals surface area contributed by atoms with Gasteiger partial charge in [0, 0.05) is 12.3 Å². The summed E-state index contributed by atoms with van der Waals surface area (Å²) in [6.07, 6.45) is -5.90. The zero-order valence-corrected chi connectivity index (χ0v) is 9.49. The lowest BCUT2D eigenvalue weighted by atomic mass is 10.1. The molecule has 3 N–H and O–H groups in total. The first-order valence-corrected chi connectivity index (χ1v) is 5.39. The van der Waals surface area contributed by atoms with Crippen LogP contribution in [0.15, 0.2) is 21.9 Å². The Labute approximate surface area is 100 Å². The third-order valence-corrected chi connectivity index (χ3v) is 2.83. The molecule has 100 valence electrons. The number of alkyl halides is 1. The van der Waals surface area contributed by atoms with Crippen LogP contribution < -0.4 is 11.2 Å². The largest absolute Gasteiger partial charge is 0.391 e. The summed E-state index contributed by atoms with van der Waals surface area (Å²) in [4.78, 5) is 24.3. The average Bonchev–Trinajstić information content (AvgIpc) is 2.57. The van der Waals surface area contributed by atoms with Crippen molar-refractivity contribution in [1.29, 1.82) is 0 Å². The van der Waals surface area contributed by atoms with Crippen molar-refractivity contribution in [1.82, 2.24) is 9.55 Å². The zero-order valence-electron chi connectivity index (χ0n) is 9.49. The Bertz CT molecular complexity index is 540. The van der Waals surface area contributed by atoms with E-state index in [-0.39, 0.29) is 0 Å². The molecular weight excluding hydrogens is 247 g/mol. The van der Waals surface area contributed by atoms with E-state index < -0.39 is 42.0 Å². The number of halogens is 1. The van der Waals surface area contributed by atoms with Gasteiger partial charge in [0.1, 0.15) is 12.2 Å². The predicted octanol–water partition coefficient (Wildman–Crippen LogP) is -1.49. The number of aliphatic hydroxyl groups is 2. The van der Waals surface area contributed by atoms with Gasteiger partial charge < -0.3 is 14.9 Å². The third-order valence-electron chi connectivity index (χ3n) is 2.83. The van der Waals surface area contributed by atoms with Crippen molar-refractivity contribution in [3.8, 4) is 0 Å². The second kappa shape index (κ2) is 4.63. The number of aliphatic hydroxyl groups excluding tert-OH is 2. The first-order valence-electron chi connectivity index (χ1n) is 5.39. The maximum Gasteiger partial charge on any atom is 0.330 e. The van der Waals surface area contributed by atoms with Crippen molar-refractivity contribution in [3.63, 3.8) is 0 Å². The zero-order chi connectivity index (χ0) is 13.4. The predicted molar refractivity (Wildman–Crippen MR) is 57.8 cm³/mol. The molecule has 18 heavy (non-hydrogen) atoms. The number of nitrogens with one attached hydrogen (secondary N) is 1.